The van der Waals surface area contributed by atoms with E-state index in [1.807, 2.05) is 6.92 Å². The van der Waals surface area contributed by atoms with Crippen LogP contribution in [0.15, 0.2) is 4.42 Å². The lowest BCUT2D eigenvalue weighted by Crippen LogP contribution is -2.30. The fourth-order valence-electron chi connectivity index (χ4n) is 2.25. The highest BCUT2D eigenvalue weighted by molar-refractivity contribution is 5.12. The van der Waals surface area contributed by atoms with Gasteiger partial charge in [0.25, 0.3) is 0 Å². The van der Waals surface area contributed by atoms with E-state index in [1.54, 1.807) is 0 Å². The van der Waals surface area contributed by atoms with Crippen LogP contribution in [0.2, 0.25) is 0 Å². The van der Waals surface area contributed by atoms with Crippen molar-refractivity contribution >= 4 is 0 Å². The molecule has 2 rings (SSSR count). The van der Waals surface area contributed by atoms with Crippen LogP contribution in [0.3, 0.4) is 0 Å². The zero-order chi connectivity index (χ0) is 12.3. The number of nitrogens with two attached hydrogens (primary N) is 1. The van der Waals surface area contributed by atoms with E-state index in [0.717, 1.165) is 49.6 Å². The third-order valence-corrected chi connectivity index (χ3v) is 3.42. The van der Waals surface area contributed by atoms with Crippen molar-refractivity contribution in [3.05, 3.63) is 17.3 Å². The molecule has 0 amide bonds. The van der Waals surface area contributed by atoms with Crippen LogP contribution in [0.1, 0.15) is 50.0 Å². The second kappa shape index (κ2) is 5.19. The number of aromatic nitrogens is 1. The van der Waals surface area contributed by atoms with Crippen LogP contribution in [0.25, 0.3) is 0 Å². The minimum Gasteiger partial charge on any atom is -0.442 e. The second-order valence-electron chi connectivity index (χ2n) is 4.96. The Bertz CT molecular complexity index is 367. The molecular weight excluding hydrogens is 216 g/mol. The Morgan fingerprint density at radius 3 is 2.88 bits per heavy atom. The van der Waals surface area contributed by atoms with E-state index < -0.39 is 0 Å². The molecule has 1 atom stereocenters. The number of ether oxygens (including phenoxy) is 1. The molecule has 4 heteroatoms. The van der Waals surface area contributed by atoms with Gasteiger partial charge in [-0.05, 0) is 46.1 Å². The molecule has 0 aliphatic carbocycles. The summed E-state index contributed by atoms with van der Waals surface area (Å²) in [5, 5.41) is 0. The van der Waals surface area contributed by atoms with Gasteiger partial charge in [-0.1, -0.05) is 0 Å². The maximum Gasteiger partial charge on any atom is 0.226 e. The van der Waals surface area contributed by atoms with Gasteiger partial charge in [-0.15, -0.1) is 0 Å². The average molecular weight is 238 g/mol. The van der Waals surface area contributed by atoms with Crippen molar-refractivity contribution in [2.24, 2.45) is 5.73 Å². The summed E-state index contributed by atoms with van der Waals surface area (Å²) < 4.78 is 11.7. The molecule has 1 aliphatic heterocycles. The van der Waals surface area contributed by atoms with Crippen molar-refractivity contribution in [3.63, 3.8) is 0 Å². The lowest BCUT2D eigenvalue weighted by Gasteiger charge is -2.30. The maximum atomic E-state index is 5.87. The number of oxazole rings is 1. The van der Waals surface area contributed by atoms with E-state index in [1.165, 1.54) is 6.42 Å². The van der Waals surface area contributed by atoms with Crippen molar-refractivity contribution in [1.82, 2.24) is 4.98 Å². The normalized spacial score (nSPS) is 25.1. The van der Waals surface area contributed by atoms with Crippen LogP contribution in [-0.4, -0.2) is 18.1 Å². The summed E-state index contributed by atoms with van der Waals surface area (Å²) in [5.74, 6) is 1.70. The number of hydrogen-bond acceptors (Lipinski definition) is 4. The first-order chi connectivity index (χ1) is 8.15. The summed E-state index contributed by atoms with van der Waals surface area (Å²) >= 11 is 0. The van der Waals surface area contributed by atoms with Gasteiger partial charge in [-0.3, -0.25) is 0 Å². The predicted octanol–water partition coefficient (Wildman–Crippen LogP) is 2.29. The summed E-state index contributed by atoms with van der Waals surface area (Å²) in [6, 6.07) is 0. The maximum absolute atomic E-state index is 5.87. The summed E-state index contributed by atoms with van der Waals surface area (Å²) in [7, 11) is 0. The molecule has 2 heterocycles. The van der Waals surface area contributed by atoms with Gasteiger partial charge in [0, 0.05) is 13.0 Å². The molecule has 1 aromatic heterocycles. The highest BCUT2D eigenvalue weighted by Crippen LogP contribution is 2.35. The van der Waals surface area contributed by atoms with E-state index in [9.17, 15) is 0 Å². The summed E-state index contributed by atoms with van der Waals surface area (Å²) in [6.07, 6.45) is 5.10. The Kier molecular flexibility index (Phi) is 3.84. The van der Waals surface area contributed by atoms with Crippen LogP contribution in [0, 0.1) is 6.92 Å². The number of aryl methyl sites for hydroxylation is 2. The average Bonchev–Trinajstić information content (AvgIpc) is 2.70. The molecule has 1 unspecified atom stereocenters. The first-order valence-corrected chi connectivity index (χ1v) is 6.46. The van der Waals surface area contributed by atoms with Gasteiger partial charge in [0.15, 0.2) is 0 Å². The zero-order valence-electron chi connectivity index (χ0n) is 10.8. The van der Waals surface area contributed by atoms with Crippen molar-refractivity contribution in [3.8, 4) is 0 Å². The lowest BCUT2D eigenvalue weighted by molar-refractivity contribution is -0.0870. The molecule has 1 fully saturated rings. The van der Waals surface area contributed by atoms with Crippen LogP contribution in [0.5, 0.6) is 0 Å². The molecule has 1 aliphatic rings. The van der Waals surface area contributed by atoms with Crippen LogP contribution in [0.4, 0.5) is 0 Å². The first kappa shape index (κ1) is 12.6. The van der Waals surface area contributed by atoms with E-state index in [0.29, 0.717) is 6.54 Å². The third kappa shape index (κ3) is 2.69. The Morgan fingerprint density at radius 2 is 2.24 bits per heavy atom. The van der Waals surface area contributed by atoms with E-state index in [2.05, 4.69) is 11.9 Å². The molecule has 17 heavy (non-hydrogen) atoms. The summed E-state index contributed by atoms with van der Waals surface area (Å²) in [6.45, 7) is 5.55. The topological polar surface area (TPSA) is 61.3 Å². The minimum atomic E-state index is -0.329. The fourth-order valence-corrected chi connectivity index (χ4v) is 2.25. The largest absolute Gasteiger partial charge is 0.442 e. The van der Waals surface area contributed by atoms with Crippen molar-refractivity contribution in [2.45, 2.75) is 51.6 Å². The van der Waals surface area contributed by atoms with Crippen LogP contribution in [-0.2, 0) is 16.8 Å². The smallest absolute Gasteiger partial charge is 0.226 e. The summed E-state index contributed by atoms with van der Waals surface area (Å²) in [4.78, 5) is 4.53. The van der Waals surface area contributed by atoms with E-state index in [4.69, 9.17) is 14.9 Å². The Morgan fingerprint density at radius 1 is 1.41 bits per heavy atom. The Balaban J connectivity index is 2.15. The molecule has 96 valence electrons. The predicted molar refractivity (Wildman–Crippen MR) is 65.8 cm³/mol. The monoisotopic (exact) mass is 238 g/mol. The molecule has 1 saturated heterocycles. The molecule has 0 radical (unpaired) electrons. The molecular formula is C13H22N2O2. The van der Waals surface area contributed by atoms with Crippen molar-refractivity contribution < 1.29 is 9.15 Å². The van der Waals surface area contributed by atoms with Gasteiger partial charge in [0.2, 0.25) is 5.89 Å². The van der Waals surface area contributed by atoms with Crippen LogP contribution >= 0.6 is 0 Å². The summed E-state index contributed by atoms with van der Waals surface area (Å²) in [5.41, 5.74) is 6.16. The quantitative estimate of drug-likeness (QED) is 0.874. The van der Waals surface area contributed by atoms with Crippen molar-refractivity contribution in [2.75, 3.05) is 13.2 Å². The van der Waals surface area contributed by atoms with Gasteiger partial charge in [0.05, 0.1) is 5.69 Å². The molecule has 0 spiro atoms. The SMILES string of the molecule is Cc1nc(C2(C)CCCCO2)oc1CCCN. The van der Waals surface area contributed by atoms with Gasteiger partial charge >= 0.3 is 0 Å². The third-order valence-electron chi connectivity index (χ3n) is 3.42. The van der Waals surface area contributed by atoms with Gasteiger partial charge < -0.3 is 14.9 Å². The molecule has 0 aromatic carbocycles. The first-order valence-electron chi connectivity index (χ1n) is 6.46. The second-order valence-corrected chi connectivity index (χ2v) is 4.96. The molecule has 0 saturated carbocycles. The Hall–Kier alpha value is -0.870. The van der Waals surface area contributed by atoms with Gasteiger partial charge in [0.1, 0.15) is 11.4 Å². The van der Waals surface area contributed by atoms with Crippen molar-refractivity contribution in [1.29, 1.82) is 0 Å². The molecule has 2 N–H and O–H groups in total. The number of hydrogen-bond donors (Lipinski definition) is 1. The van der Waals surface area contributed by atoms with Gasteiger partial charge in [-0.2, -0.15) is 0 Å². The standard InChI is InChI=1S/C13H22N2O2/c1-10-11(6-5-8-14)17-12(15-10)13(2)7-3-4-9-16-13/h3-9,14H2,1-2H3. The number of rotatable bonds is 4. The van der Waals surface area contributed by atoms with Crippen LogP contribution < -0.4 is 5.73 Å². The highest BCUT2D eigenvalue weighted by atomic mass is 16.5. The Labute approximate surface area is 103 Å². The molecule has 1 aromatic rings. The lowest BCUT2D eigenvalue weighted by atomic mass is 9.96. The van der Waals surface area contributed by atoms with Gasteiger partial charge in [-0.25, -0.2) is 4.98 Å². The highest BCUT2D eigenvalue weighted by Gasteiger charge is 2.35. The van der Waals surface area contributed by atoms with E-state index >= 15 is 0 Å². The zero-order valence-corrected chi connectivity index (χ0v) is 10.8. The minimum absolute atomic E-state index is 0.329. The number of nitrogens with zero attached hydrogens (tertiary/aromatic N) is 1. The molecule has 4 nitrogen and oxygen atoms in total. The fraction of sp³-hybridized carbons (Fsp3) is 0.769. The van der Waals surface area contributed by atoms with E-state index in [-0.39, 0.29) is 5.60 Å². The molecule has 0 bridgehead atoms.